The number of sulfonamides is 1. The molecule has 0 saturated carbocycles. The van der Waals surface area contributed by atoms with E-state index >= 15 is 0 Å². The molecule has 27 heavy (non-hydrogen) atoms. The van der Waals surface area contributed by atoms with Crippen LogP contribution in [0, 0.1) is 0 Å². The maximum atomic E-state index is 13.4. The monoisotopic (exact) mass is 434 g/mol. The summed E-state index contributed by atoms with van der Waals surface area (Å²) in [5.74, 6) is -0.941. The predicted molar refractivity (Wildman–Crippen MR) is 100 cm³/mol. The minimum absolute atomic E-state index is 0.0627. The number of sulfone groups is 2. The molecular formula is C16H22N2O6S3. The lowest BCUT2D eigenvalue weighted by Crippen LogP contribution is -2.67. The second-order valence-electron chi connectivity index (χ2n) is 7.50. The molecule has 0 unspecified atom stereocenters. The highest BCUT2D eigenvalue weighted by Crippen LogP contribution is 2.35. The van der Waals surface area contributed by atoms with E-state index in [1.54, 1.807) is 12.1 Å². The van der Waals surface area contributed by atoms with Crippen LogP contribution >= 0.6 is 0 Å². The van der Waals surface area contributed by atoms with Crippen molar-refractivity contribution < 1.29 is 25.3 Å². The van der Waals surface area contributed by atoms with Crippen molar-refractivity contribution in [1.82, 2.24) is 9.62 Å². The first-order valence-electron chi connectivity index (χ1n) is 8.82. The molecule has 3 heterocycles. The summed E-state index contributed by atoms with van der Waals surface area (Å²) in [5, 5.41) is 3.10. The van der Waals surface area contributed by atoms with E-state index in [4.69, 9.17) is 0 Å². The van der Waals surface area contributed by atoms with Gasteiger partial charge in [0.1, 0.15) is 0 Å². The first-order chi connectivity index (χ1) is 12.5. The summed E-state index contributed by atoms with van der Waals surface area (Å²) in [4.78, 5) is 0.0627. The van der Waals surface area contributed by atoms with Gasteiger partial charge in [-0.2, -0.15) is 4.31 Å². The summed E-state index contributed by atoms with van der Waals surface area (Å²) in [6, 6.07) is 3.70. The second-order valence-corrected chi connectivity index (χ2v) is 13.7. The summed E-state index contributed by atoms with van der Waals surface area (Å²) in [7, 11) is -10.8. The molecule has 0 amide bonds. The Morgan fingerprint density at radius 3 is 1.85 bits per heavy atom. The molecule has 3 aliphatic rings. The van der Waals surface area contributed by atoms with Gasteiger partial charge in [0.2, 0.25) is 10.0 Å². The molecule has 4 atom stereocenters. The van der Waals surface area contributed by atoms with Gasteiger partial charge in [-0.25, -0.2) is 25.3 Å². The number of nitrogens with one attached hydrogen (secondary N) is 1. The van der Waals surface area contributed by atoms with Crippen LogP contribution in [-0.4, -0.2) is 76.7 Å². The predicted octanol–water partition coefficient (Wildman–Crippen LogP) is -0.826. The number of hydrogen-bond donors (Lipinski definition) is 1. The van der Waals surface area contributed by atoms with Gasteiger partial charge in [-0.3, -0.25) is 0 Å². The third kappa shape index (κ3) is 3.33. The highest BCUT2D eigenvalue weighted by atomic mass is 32.2. The van der Waals surface area contributed by atoms with Gasteiger partial charge >= 0.3 is 0 Å². The van der Waals surface area contributed by atoms with Crippen LogP contribution in [0.3, 0.4) is 0 Å². The van der Waals surface area contributed by atoms with E-state index in [0.29, 0.717) is 0 Å². The van der Waals surface area contributed by atoms with Crippen molar-refractivity contribution in [2.45, 2.75) is 42.4 Å². The molecule has 0 bridgehead atoms. The van der Waals surface area contributed by atoms with Crippen LogP contribution < -0.4 is 5.32 Å². The SMILES string of the molecule is CCc1ccc(S(=O)(=O)N2[C@@H]3CS(=O)(=O)C[C@@H]3N[C@@H]3CS(=O)(=O)C[C@H]32)cc1. The van der Waals surface area contributed by atoms with Gasteiger partial charge in [0.15, 0.2) is 19.7 Å². The van der Waals surface area contributed by atoms with Crippen molar-refractivity contribution in [2.24, 2.45) is 0 Å². The molecule has 4 rings (SSSR count). The fourth-order valence-corrected chi connectivity index (χ4v) is 10.3. The summed E-state index contributed by atoms with van der Waals surface area (Å²) in [5.41, 5.74) is 0.983. The third-order valence-corrected chi connectivity index (χ3v) is 11.0. The number of aryl methyl sites for hydroxylation is 1. The molecule has 0 aliphatic carbocycles. The minimum atomic E-state index is -4.03. The molecule has 0 aromatic heterocycles. The van der Waals surface area contributed by atoms with Gasteiger partial charge in [-0.15, -0.1) is 0 Å². The Morgan fingerprint density at radius 2 is 1.41 bits per heavy atom. The Labute approximate surface area is 159 Å². The van der Waals surface area contributed by atoms with Crippen LogP contribution in [0.2, 0.25) is 0 Å². The Bertz CT molecular complexity index is 1020. The zero-order chi connectivity index (χ0) is 19.6. The maximum Gasteiger partial charge on any atom is 0.243 e. The van der Waals surface area contributed by atoms with E-state index in [1.807, 2.05) is 6.92 Å². The zero-order valence-corrected chi connectivity index (χ0v) is 17.2. The number of hydrogen-bond acceptors (Lipinski definition) is 7. The number of rotatable bonds is 3. The van der Waals surface area contributed by atoms with Crippen LogP contribution in [0.15, 0.2) is 29.2 Å². The standard InChI is InChI=1S/C16H22N2O6S3/c1-2-11-3-5-12(6-4-11)27(23,24)18-15-9-25(19,20)7-13(15)17-14-8-26(21,22)10-16(14)18/h3-6,13-17H,2,7-10H2,1H3/t13-,14+,15-,16-/m1/s1. The van der Waals surface area contributed by atoms with Crippen LogP contribution in [0.25, 0.3) is 0 Å². The lowest BCUT2D eigenvalue weighted by molar-refractivity contribution is 0.160. The van der Waals surface area contributed by atoms with E-state index in [2.05, 4.69) is 5.32 Å². The number of fused-ring (bicyclic) bond motifs is 2. The molecule has 3 saturated heterocycles. The Hall–Kier alpha value is -1.01. The van der Waals surface area contributed by atoms with Crippen molar-refractivity contribution in [2.75, 3.05) is 23.0 Å². The molecule has 0 radical (unpaired) electrons. The van der Waals surface area contributed by atoms with E-state index in [0.717, 1.165) is 12.0 Å². The van der Waals surface area contributed by atoms with E-state index in [-0.39, 0.29) is 27.9 Å². The van der Waals surface area contributed by atoms with Gasteiger partial charge in [0.05, 0.1) is 40.0 Å². The van der Waals surface area contributed by atoms with Crippen LogP contribution in [0.4, 0.5) is 0 Å². The van der Waals surface area contributed by atoms with Gasteiger partial charge in [0, 0.05) is 12.1 Å². The molecule has 8 nitrogen and oxygen atoms in total. The molecule has 3 fully saturated rings. The average molecular weight is 435 g/mol. The van der Waals surface area contributed by atoms with Crippen molar-refractivity contribution in [1.29, 1.82) is 0 Å². The Balaban J connectivity index is 1.80. The normalized spacial score (nSPS) is 34.9. The Morgan fingerprint density at radius 1 is 0.926 bits per heavy atom. The fourth-order valence-electron chi connectivity index (χ4n) is 4.37. The van der Waals surface area contributed by atoms with Crippen molar-refractivity contribution in [3.05, 3.63) is 29.8 Å². The zero-order valence-electron chi connectivity index (χ0n) is 14.8. The smallest absolute Gasteiger partial charge is 0.243 e. The lowest BCUT2D eigenvalue weighted by Gasteiger charge is -2.43. The van der Waals surface area contributed by atoms with E-state index in [9.17, 15) is 25.3 Å². The number of benzene rings is 1. The number of piperazine rings is 1. The van der Waals surface area contributed by atoms with Crippen LogP contribution in [-0.2, 0) is 36.1 Å². The molecule has 1 N–H and O–H groups in total. The molecule has 150 valence electrons. The highest BCUT2D eigenvalue weighted by molar-refractivity contribution is 7.92. The van der Waals surface area contributed by atoms with Gasteiger partial charge in [-0.1, -0.05) is 19.1 Å². The Kier molecular flexibility index (Phi) is 4.47. The van der Waals surface area contributed by atoms with Crippen molar-refractivity contribution >= 4 is 29.7 Å². The molecule has 1 aromatic carbocycles. The van der Waals surface area contributed by atoms with Gasteiger partial charge in [-0.05, 0) is 24.1 Å². The van der Waals surface area contributed by atoms with Crippen LogP contribution in [0.1, 0.15) is 12.5 Å². The van der Waals surface area contributed by atoms with Crippen LogP contribution in [0.5, 0.6) is 0 Å². The molecule has 11 heteroatoms. The van der Waals surface area contributed by atoms with E-state index < -0.39 is 53.9 Å². The average Bonchev–Trinajstić information content (AvgIpc) is 3.04. The molecule has 1 aromatic rings. The molecular weight excluding hydrogens is 412 g/mol. The topological polar surface area (TPSA) is 118 Å². The number of nitrogens with zero attached hydrogens (tertiary/aromatic N) is 1. The quantitative estimate of drug-likeness (QED) is 0.660. The van der Waals surface area contributed by atoms with Crippen molar-refractivity contribution in [3.8, 4) is 0 Å². The maximum absolute atomic E-state index is 13.4. The fraction of sp³-hybridized carbons (Fsp3) is 0.625. The minimum Gasteiger partial charge on any atom is -0.306 e. The van der Waals surface area contributed by atoms with Crippen molar-refractivity contribution in [3.63, 3.8) is 0 Å². The first kappa shape index (κ1) is 19.3. The highest BCUT2D eigenvalue weighted by Gasteiger charge is 2.57. The summed E-state index contributed by atoms with van der Waals surface area (Å²) in [6.45, 7) is 1.96. The van der Waals surface area contributed by atoms with Gasteiger partial charge < -0.3 is 5.32 Å². The largest absolute Gasteiger partial charge is 0.306 e. The van der Waals surface area contributed by atoms with E-state index in [1.165, 1.54) is 16.4 Å². The molecule has 0 spiro atoms. The third-order valence-electron chi connectivity index (χ3n) is 5.63. The van der Waals surface area contributed by atoms with Gasteiger partial charge in [0.25, 0.3) is 0 Å². The summed E-state index contributed by atoms with van der Waals surface area (Å²) in [6.07, 6.45) is 0.764. The summed E-state index contributed by atoms with van der Waals surface area (Å²) >= 11 is 0. The lowest BCUT2D eigenvalue weighted by atomic mass is 10.0. The second kappa shape index (κ2) is 6.24. The first-order valence-corrected chi connectivity index (χ1v) is 13.9. The molecule has 3 aliphatic heterocycles. The summed E-state index contributed by atoms with van der Waals surface area (Å²) < 4.78 is 76.6.